The summed E-state index contributed by atoms with van der Waals surface area (Å²) in [5, 5.41) is 6.69. The van der Waals surface area contributed by atoms with Gasteiger partial charge in [0.25, 0.3) is 0 Å². The van der Waals surface area contributed by atoms with Crippen LogP contribution >= 0.6 is 0 Å². The van der Waals surface area contributed by atoms with E-state index in [1.54, 1.807) is 0 Å². The molecular weight excluding hydrogens is 290 g/mol. The average molecular weight is 315 g/mol. The van der Waals surface area contributed by atoms with Gasteiger partial charge in [-0.15, -0.1) is 0 Å². The first-order chi connectivity index (χ1) is 10.1. The van der Waals surface area contributed by atoms with Crippen LogP contribution in [-0.4, -0.2) is 62.5 Å². The highest BCUT2D eigenvalue weighted by atomic mass is 32.2. The quantitative estimate of drug-likeness (QED) is 0.480. The van der Waals surface area contributed by atoms with E-state index in [4.69, 9.17) is 0 Å². The molecule has 120 valence electrons. The molecule has 0 aromatic rings. The Labute approximate surface area is 128 Å². The zero-order chi connectivity index (χ0) is 15.2. The summed E-state index contributed by atoms with van der Waals surface area (Å²) in [5.41, 5.74) is 1.08. The SMILES string of the molecule is CCCCNC1=NC(N2CCN([SH](=O)=O)CC2)NC(C)=C1. The number of hydrogen-bond acceptors (Lipinski definition) is 6. The van der Waals surface area contributed by atoms with Crippen LogP contribution in [0, 0.1) is 0 Å². The number of nitrogens with zero attached hydrogens (tertiary/aromatic N) is 3. The van der Waals surface area contributed by atoms with Crippen LogP contribution in [0.3, 0.4) is 0 Å². The molecular formula is C13H25N5O2S. The van der Waals surface area contributed by atoms with Crippen LogP contribution in [0.25, 0.3) is 0 Å². The molecule has 2 aliphatic heterocycles. The molecule has 21 heavy (non-hydrogen) atoms. The molecule has 0 saturated carbocycles. The highest BCUT2D eigenvalue weighted by Crippen LogP contribution is 2.10. The zero-order valence-electron chi connectivity index (χ0n) is 12.7. The van der Waals surface area contributed by atoms with Crippen molar-refractivity contribution < 1.29 is 8.42 Å². The lowest BCUT2D eigenvalue weighted by Gasteiger charge is -2.37. The first kappa shape index (κ1) is 16.3. The average Bonchev–Trinajstić information content (AvgIpc) is 2.47. The van der Waals surface area contributed by atoms with Gasteiger partial charge >= 0.3 is 0 Å². The summed E-state index contributed by atoms with van der Waals surface area (Å²) >= 11 is 0. The van der Waals surface area contributed by atoms with Gasteiger partial charge in [-0.2, -0.15) is 0 Å². The minimum atomic E-state index is -2.46. The van der Waals surface area contributed by atoms with Gasteiger partial charge in [0.15, 0.2) is 6.29 Å². The lowest BCUT2D eigenvalue weighted by molar-refractivity contribution is 0.127. The number of rotatable bonds is 5. The molecule has 1 fully saturated rings. The number of thiol groups is 1. The van der Waals surface area contributed by atoms with E-state index in [-0.39, 0.29) is 6.29 Å². The smallest absolute Gasteiger partial charge is 0.204 e. The summed E-state index contributed by atoms with van der Waals surface area (Å²) in [4.78, 5) is 6.85. The molecule has 2 N–H and O–H groups in total. The van der Waals surface area contributed by atoms with Crippen molar-refractivity contribution >= 4 is 16.7 Å². The van der Waals surface area contributed by atoms with Crippen LogP contribution in [0.15, 0.2) is 16.8 Å². The monoisotopic (exact) mass is 315 g/mol. The van der Waals surface area contributed by atoms with E-state index >= 15 is 0 Å². The minimum absolute atomic E-state index is 0.106. The summed E-state index contributed by atoms with van der Waals surface area (Å²) in [6.07, 6.45) is 4.18. The molecule has 0 aromatic heterocycles. The second-order valence-corrected chi connectivity index (χ2v) is 6.41. The molecule has 0 bridgehead atoms. The van der Waals surface area contributed by atoms with Gasteiger partial charge in [-0.05, 0) is 19.4 Å². The molecule has 1 atom stereocenters. The second-order valence-electron chi connectivity index (χ2n) is 5.37. The third-order valence-corrected chi connectivity index (χ3v) is 4.54. The number of unbranched alkanes of at least 4 members (excludes halogenated alkanes) is 1. The van der Waals surface area contributed by atoms with E-state index in [0.29, 0.717) is 26.2 Å². The largest absolute Gasteiger partial charge is 0.370 e. The highest BCUT2D eigenvalue weighted by Gasteiger charge is 2.26. The van der Waals surface area contributed by atoms with Crippen LogP contribution in [0.5, 0.6) is 0 Å². The van der Waals surface area contributed by atoms with Crippen molar-refractivity contribution in [3.8, 4) is 0 Å². The Hall–Kier alpha value is -1.12. The summed E-state index contributed by atoms with van der Waals surface area (Å²) < 4.78 is 23.4. The summed E-state index contributed by atoms with van der Waals surface area (Å²) in [6.45, 7) is 7.57. The zero-order valence-corrected chi connectivity index (χ0v) is 13.6. The first-order valence-electron chi connectivity index (χ1n) is 7.50. The van der Waals surface area contributed by atoms with E-state index in [1.807, 2.05) is 13.0 Å². The van der Waals surface area contributed by atoms with Gasteiger partial charge in [0, 0.05) is 38.4 Å². The fourth-order valence-electron chi connectivity index (χ4n) is 2.43. The maximum Gasteiger partial charge on any atom is 0.204 e. The van der Waals surface area contributed by atoms with Crippen molar-refractivity contribution in [3.05, 3.63) is 11.8 Å². The van der Waals surface area contributed by atoms with Crippen molar-refractivity contribution in [2.24, 2.45) is 4.99 Å². The number of aliphatic imine (C=N–C) groups is 1. The summed E-state index contributed by atoms with van der Waals surface area (Å²) in [5.74, 6) is 0.905. The van der Waals surface area contributed by atoms with Crippen LogP contribution in [0.4, 0.5) is 0 Å². The molecule has 0 spiro atoms. The summed E-state index contributed by atoms with van der Waals surface area (Å²) in [7, 11) is -2.46. The number of piperazine rings is 1. The Morgan fingerprint density at radius 3 is 2.71 bits per heavy atom. The predicted octanol–water partition coefficient (Wildman–Crippen LogP) is -0.291. The van der Waals surface area contributed by atoms with Gasteiger partial charge in [0.1, 0.15) is 5.84 Å². The topological polar surface area (TPSA) is 77.0 Å². The maximum absolute atomic E-state index is 11.0. The Balaban J connectivity index is 1.92. The molecule has 1 saturated heterocycles. The van der Waals surface area contributed by atoms with Crippen LogP contribution in [0.2, 0.25) is 0 Å². The Morgan fingerprint density at radius 1 is 1.38 bits per heavy atom. The molecule has 0 aliphatic carbocycles. The molecule has 0 aromatic carbocycles. The lowest BCUT2D eigenvalue weighted by atomic mass is 10.3. The third-order valence-electron chi connectivity index (χ3n) is 3.68. The Morgan fingerprint density at radius 2 is 2.10 bits per heavy atom. The van der Waals surface area contributed by atoms with Crippen LogP contribution in [0.1, 0.15) is 26.7 Å². The van der Waals surface area contributed by atoms with Gasteiger partial charge in [0.2, 0.25) is 10.9 Å². The predicted molar refractivity (Wildman–Crippen MR) is 84.5 cm³/mol. The number of amidine groups is 1. The number of hydrogen-bond donors (Lipinski definition) is 3. The Bertz CT molecular complexity index is 473. The standard InChI is InChI=1S/C13H25N5O2S/c1-3-4-5-14-12-10-11(2)15-13(16-12)17-6-8-18(9-7-17)21(19)20/h10,13,15,21H,3-9H2,1-2H3,(H,14,16). The third kappa shape index (κ3) is 4.69. The number of allylic oxidation sites excluding steroid dienone is 1. The molecule has 2 heterocycles. The van der Waals surface area contributed by atoms with Gasteiger partial charge in [0.05, 0.1) is 0 Å². The van der Waals surface area contributed by atoms with Gasteiger partial charge in [-0.3, -0.25) is 4.90 Å². The van der Waals surface area contributed by atoms with Crippen molar-refractivity contribution in [1.29, 1.82) is 0 Å². The van der Waals surface area contributed by atoms with Crippen molar-refractivity contribution in [2.75, 3.05) is 32.7 Å². The normalized spacial score (nSPS) is 24.4. The van der Waals surface area contributed by atoms with E-state index in [0.717, 1.165) is 30.9 Å². The van der Waals surface area contributed by atoms with Crippen molar-refractivity contribution in [1.82, 2.24) is 19.8 Å². The molecule has 8 heteroatoms. The molecule has 7 nitrogen and oxygen atoms in total. The van der Waals surface area contributed by atoms with Crippen LogP contribution in [-0.2, 0) is 10.9 Å². The van der Waals surface area contributed by atoms with Crippen molar-refractivity contribution in [2.45, 2.75) is 33.0 Å². The molecule has 0 radical (unpaired) electrons. The fraction of sp³-hybridized carbons (Fsp3) is 0.769. The Kier molecular flexibility index (Phi) is 6.01. The van der Waals surface area contributed by atoms with Gasteiger partial charge in [-0.25, -0.2) is 17.7 Å². The van der Waals surface area contributed by atoms with Gasteiger partial charge in [-0.1, -0.05) is 13.3 Å². The molecule has 0 amide bonds. The molecule has 2 rings (SSSR count). The molecule has 2 aliphatic rings. The van der Waals surface area contributed by atoms with Crippen molar-refractivity contribution in [3.63, 3.8) is 0 Å². The van der Waals surface area contributed by atoms with E-state index < -0.39 is 10.9 Å². The van der Waals surface area contributed by atoms with E-state index in [9.17, 15) is 8.42 Å². The van der Waals surface area contributed by atoms with Crippen LogP contribution < -0.4 is 10.6 Å². The van der Waals surface area contributed by atoms with E-state index in [1.165, 1.54) is 4.31 Å². The first-order valence-corrected chi connectivity index (χ1v) is 8.63. The molecule has 1 unspecified atom stereocenters. The maximum atomic E-state index is 11.0. The fourth-order valence-corrected chi connectivity index (χ4v) is 2.94. The second kappa shape index (κ2) is 7.77. The number of nitrogens with one attached hydrogen (secondary N) is 2. The highest BCUT2D eigenvalue weighted by molar-refractivity contribution is 7.69. The summed E-state index contributed by atoms with van der Waals surface area (Å²) in [6, 6.07) is 0. The minimum Gasteiger partial charge on any atom is -0.370 e. The van der Waals surface area contributed by atoms with E-state index in [2.05, 4.69) is 27.4 Å². The lowest BCUT2D eigenvalue weighted by Crippen LogP contribution is -2.54. The van der Waals surface area contributed by atoms with Gasteiger partial charge < -0.3 is 10.6 Å².